The average molecular weight is 754 g/mol. The van der Waals surface area contributed by atoms with E-state index < -0.39 is 41.0 Å². The molecule has 268 valence electrons. The Labute approximate surface area is 294 Å². The molecule has 18 heteroatoms. The van der Waals surface area contributed by atoms with E-state index in [1.54, 1.807) is 65.2 Å². The molecular formula is C30H42F3N5O6S4. The van der Waals surface area contributed by atoms with Crippen LogP contribution in [-0.2, 0) is 19.0 Å². The number of aromatic nitrogens is 3. The fraction of sp³-hybridized carbons (Fsp3) is 0.667. The lowest BCUT2D eigenvalue weighted by atomic mass is 10.0. The molecule has 0 aromatic carbocycles. The van der Waals surface area contributed by atoms with Gasteiger partial charge in [0.25, 0.3) is 5.56 Å². The van der Waals surface area contributed by atoms with Crippen molar-refractivity contribution in [2.45, 2.75) is 88.0 Å². The summed E-state index contributed by atoms with van der Waals surface area (Å²) < 4.78 is 56.6. The molecule has 3 rings (SSSR count). The zero-order valence-corrected chi connectivity index (χ0v) is 31.1. The van der Waals surface area contributed by atoms with E-state index in [0.29, 0.717) is 23.6 Å². The Hall–Kier alpha value is -1.85. The van der Waals surface area contributed by atoms with Gasteiger partial charge in [-0.3, -0.25) is 14.6 Å². The number of H-pyrrole nitrogens is 1. The zero-order valence-electron chi connectivity index (χ0n) is 27.9. The molecule has 0 saturated carbocycles. The smallest absolute Gasteiger partial charge is 0.394 e. The molecule has 2 aromatic heterocycles. The van der Waals surface area contributed by atoms with Gasteiger partial charge in [0.1, 0.15) is 30.8 Å². The molecule has 1 saturated heterocycles. The van der Waals surface area contributed by atoms with Gasteiger partial charge in [-0.2, -0.15) is 18.2 Å². The number of hydrogen-bond acceptors (Lipinski definition) is 12. The number of Topliss-reactive ketones (excluding diaryl/α,β-unsaturated/α-hetero) is 1. The monoisotopic (exact) mass is 753 g/mol. The minimum Gasteiger partial charge on any atom is -0.394 e. The number of aliphatic hydroxyl groups is 1. The Morgan fingerprint density at radius 3 is 2.58 bits per heavy atom. The topological polar surface area (TPSA) is 131 Å². The van der Waals surface area contributed by atoms with Crippen LogP contribution in [0.2, 0.25) is 0 Å². The van der Waals surface area contributed by atoms with Crippen LogP contribution in [0.25, 0.3) is 11.0 Å². The third kappa shape index (κ3) is 12.8. The standard InChI is InChI=1S/C30H42F3N5O6S4/c1-28(2,3)47-46-18-43-20-13-23(44-21(20)15-39)38-14-19(24-25(38)35-27(36-26(24)41)34-16-37(6)7)9-8-12-42-17-45-48-29(4,5)11-10-22(40)30(31,32)33/h14,16,20-21,23,39H,10-13,15,17-18H2,1-7H3,(H,35,36,41)/t20?,21-,23-/m1/s1. The van der Waals surface area contributed by atoms with E-state index in [0.717, 1.165) is 0 Å². The van der Waals surface area contributed by atoms with Gasteiger partial charge in [0, 0.05) is 42.6 Å². The largest absolute Gasteiger partial charge is 0.449 e. The van der Waals surface area contributed by atoms with E-state index in [9.17, 15) is 27.9 Å². The molecule has 2 aromatic rings. The Balaban J connectivity index is 1.72. The molecule has 11 nitrogen and oxygen atoms in total. The van der Waals surface area contributed by atoms with Crippen molar-refractivity contribution < 1.29 is 37.3 Å². The van der Waals surface area contributed by atoms with Crippen LogP contribution >= 0.6 is 43.2 Å². The zero-order chi connectivity index (χ0) is 35.7. The van der Waals surface area contributed by atoms with Gasteiger partial charge in [0.2, 0.25) is 11.7 Å². The summed E-state index contributed by atoms with van der Waals surface area (Å²) in [7, 11) is 9.50. The van der Waals surface area contributed by atoms with Crippen LogP contribution < -0.4 is 5.56 Å². The molecule has 3 atom stereocenters. The number of ketones is 1. The average Bonchev–Trinajstić information content (AvgIpc) is 3.56. The lowest BCUT2D eigenvalue weighted by Gasteiger charge is -2.22. The second kappa shape index (κ2) is 17.9. The van der Waals surface area contributed by atoms with Crippen molar-refractivity contribution in [3.8, 4) is 11.8 Å². The molecule has 0 radical (unpaired) electrons. The first-order valence-corrected chi connectivity index (χ1v) is 19.6. The molecular weight excluding hydrogens is 712 g/mol. The molecule has 0 amide bonds. The number of aliphatic imine (C=N–C) groups is 1. The quantitative estimate of drug-likeness (QED) is 0.0510. The number of aliphatic hydroxyl groups excluding tert-OH is 1. The fourth-order valence-corrected chi connectivity index (χ4v) is 8.52. The first-order valence-electron chi connectivity index (χ1n) is 14.9. The predicted octanol–water partition coefficient (Wildman–Crippen LogP) is 6.15. The normalized spacial score (nSPS) is 18.9. The van der Waals surface area contributed by atoms with Crippen LogP contribution in [0.4, 0.5) is 19.1 Å². The number of hydrogen-bond donors (Lipinski definition) is 2. The SMILES string of the molecule is CN(C)C=Nc1nc2c(c(C#CCOCSSC(C)(C)CCC(=O)C(F)(F)F)cn2[C@H]2CC(OCSSC(C)(C)C)[C@@H](CO)O2)c(=O)[nH]1. The highest BCUT2D eigenvalue weighted by molar-refractivity contribution is 8.77. The van der Waals surface area contributed by atoms with Crippen molar-refractivity contribution in [3.63, 3.8) is 0 Å². The third-order valence-electron chi connectivity index (χ3n) is 6.47. The molecule has 0 spiro atoms. The molecule has 1 aliphatic rings. The number of fused-ring (bicyclic) bond motifs is 1. The predicted molar refractivity (Wildman–Crippen MR) is 190 cm³/mol. The van der Waals surface area contributed by atoms with Gasteiger partial charge >= 0.3 is 6.18 Å². The molecule has 1 unspecified atom stereocenters. The van der Waals surface area contributed by atoms with Gasteiger partial charge in [-0.1, -0.05) is 75.8 Å². The lowest BCUT2D eigenvalue weighted by Crippen LogP contribution is -2.27. The van der Waals surface area contributed by atoms with E-state index >= 15 is 0 Å². The summed E-state index contributed by atoms with van der Waals surface area (Å²) in [5.41, 5.74) is 0.273. The maximum Gasteiger partial charge on any atom is 0.449 e. The van der Waals surface area contributed by atoms with E-state index in [-0.39, 0.29) is 47.8 Å². The van der Waals surface area contributed by atoms with Crippen LogP contribution in [0, 0.1) is 11.8 Å². The number of nitrogens with one attached hydrogen (secondary N) is 1. The highest BCUT2D eigenvalue weighted by atomic mass is 33.1. The summed E-state index contributed by atoms with van der Waals surface area (Å²) in [5.74, 6) is 4.88. The Kier molecular flexibility index (Phi) is 15.1. The van der Waals surface area contributed by atoms with Crippen LogP contribution in [0.1, 0.15) is 65.7 Å². The number of aromatic amines is 1. The molecule has 0 bridgehead atoms. The molecule has 0 aliphatic carbocycles. The summed E-state index contributed by atoms with van der Waals surface area (Å²) >= 11 is 0. The molecule has 3 heterocycles. The number of halogens is 3. The molecule has 1 aliphatic heterocycles. The summed E-state index contributed by atoms with van der Waals surface area (Å²) in [4.78, 5) is 37.7. The minimum absolute atomic E-state index is 0.0242. The van der Waals surface area contributed by atoms with Crippen molar-refractivity contribution in [1.82, 2.24) is 19.4 Å². The Bertz CT molecular complexity index is 1530. The lowest BCUT2D eigenvalue weighted by molar-refractivity contribution is -0.171. The van der Waals surface area contributed by atoms with Crippen LogP contribution in [0.5, 0.6) is 0 Å². The summed E-state index contributed by atoms with van der Waals surface area (Å²) in [6.45, 7) is 9.66. The Morgan fingerprint density at radius 2 is 1.94 bits per heavy atom. The molecule has 1 fully saturated rings. The van der Waals surface area contributed by atoms with Gasteiger partial charge in [0.15, 0.2) is 5.65 Å². The van der Waals surface area contributed by atoms with Crippen LogP contribution in [0.3, 0.4) is 0 Å². The van der Waals surface area contributed by atoms with Crippen molar-refractivity contribution in [3.05, 3.63) is 22.1 Å². The second-order valence-electron chi connectivity index (χ2n) is 12.6. The van der Waals surface area contributed by atoms with Crippen molar-refractivity contribution in [1.29, 1.82) is 0 Å². The fourth-order valence-electron chi connectivity index (χ4n) is 4.26. The molecule has 48 heavy (non-hydrogen) atoms. The van der Waals surface area contributed by atoms with Gasteiger partial charge in [-0.05, 0) is 20.3 Å². The van der Waals surface area contributed by atoms with Gasteiger partial charge in [-0.15, -0.1) is 0 Å². The first kappa shape index (κ1) is 40.6. The van der Waals surface area contributed by atoms with Crippen LogP contribution in [-0.4, -0.2) is 104 Å². The van der Waals surface area contributed by atoms with Gasteiger partial charge < -0.3 is 28.8 Å². The van der Waals surface area contributed by atoms with E-state index in [1.165, 1.54) is 27.9 Å². The van der Waals surface area contributed by atoms with Crippen LogP contribution in [0.15, 0.2) is 16.0 Å². The third-order valence-corrected chi connectivity index (χ3v) is 12.5. The van der Waals surface area contributed by atoms with E-state index in [1.807, 2.05) is 0 Å². The second-order valence-corrected chi connectivity index (χ2v) is 18.6. The number of rotatable bonds is 16. The van der Waals surface area contributed by atoms with Crippen molar-refractivity contribution in [2.24, 2.45) is 4.99 Å². The van der Waals surface area contributed by atoms with E-state index in [4.69, 9.17) is 14.2 Å². The number of alkyl halides is 3. The Morgan fingerprint density at radius 1 is 1.23 bits per heavy atom. The maximum absolute atomic E-state index is 13.3. The summed E-state index contributed by atoms with van der Waals surface area (Å²) in [5, 5.41) is 10.3. The number of ether oxygens (including phenoxy) is 3. The highest BCUT2D eigenvalue weighted by Gasteiger charge is 2.39. The van der Waals surface area contributed by atoms with E-state index in [2.05, 4.69) is 47.6 Å². The van der Waals surface area contributed by atoms with Gasteiger partial charge in [0.05, 0.1) is 30.0 Å². The molecule has 2 N–H and O–H groups in total. The van der Waals surface area contributed by atoms with Gasteiger partial charge in [-0.25, -0.2) is 4.99 Å². The van der Waals surface area contributed by atoms with Crippen molar-refractivity contribution in [2.75, 3.05) is 39.2 Å². The number of carbonyl (C=O) groups excluding carboxylic acids is 1. The highest BCUT2D eigenvalue weighted by Crippen LogP contribution is 2.40. The maximum atomic E-state index is 13.3. The number of nitrogens with zero attached hydrogens (tertiary/aromatic N) is 4. The summed E-state index contributed by atoms with van der Waals surface area (Å²) in [6.07, 6.45) is -3.27. The van der Waals surface area contributed by atoms with Crippen molar-refractivity contribution >= 4 is 72.3 Å². The number of carbonyl (C=O) groups is 1. The minimum atomic E-state index is -4.82. The first-order chi connectivity index (χ1) is 22.4. The summed E-state index contributed by atoms with van der Waals surface area (Å²) in [6, 6.07) is 0.